The summed E-state index contributed by atoms with van der Waals surface area (Å²) in [6, 6.07) is 7.32. The average molecular weight is 397 g/mol. The molecule has 1 unspecified atom stereocenters. The van der Waals surface area contributed by atoms with E-state index in [0.717, 1.165) is 24.2 Å². The number of aromatic nitrogens is 3. The highest BCUT2D eigenvalue weighted by molar-refractivity contribution is 7.11. The molecule has 1 aliphatic rings. The van der Waals surface area contributed by atoms with Crippen LogP contribution in [0.5, 0.6) is 5.06 Å². The van der Waals surface area contributed by atoms with Crippen molar-refractivity contribution in [2.75, 3.05) is 5.32 Å². The Kier molecular flexibility index (Phi) is 4.82. The first-order chi connectivity index (χ1) is 13.5. The van der Waals surface area contributed by atoms with Crippen LogP contribution in [0.1, 0.15) is 36.9 Å². The highest BCUT2D eigenvalue weighted by atomic mass is 32.1. The molecule has 0 saturated heterocycles. The molecule has 1 aromatic carbocycles. The highest BCUT2D eigenvalue weighted by Gasteiger charge is 2.25. The molecule has 0 fully saturated rings. The second-order valence-electron chi connectivity index (χ2n) is 6.54. The average Bonchev–Trinajstić information content (AvgIpc) is 3.02. The second-order valence-corrected chi connectivity index (χ2v) is 7.50. The zero-order valence-electron chi connectivity index (χ0n) is 15.2. The number of hydrogen-bond donors (Lipinski definition) is 3. The van der Waals surface area contributed by atoms with Crippen LogP contribution in [0, 0.1) is 0 Å². The van der Waals surface area contributed by atoms with E-state index in [9.17, 15) is 14.7 Å². The molecule has 0 saturated carbocycles. The number of H-pyrrole nitrogens is 1. The number of aliphatic imine (C=N–C) groups is 1. The van der Waals surface area contributed by atoms with Crippen LogP contribution < -0.4 is 15.7 Å². The van der Waals surface area contributed by atoms with Gasteiger partial charge in [-0.2, -0.15) is 5.10 Å². The first kappa shape index (κ1) is 18.2. The van der Waals surface area contributed by atoms with Crippen molar-refractivity contribution in [3.05, 3.63) is 67.8 Å². The van der Waals surface area contributed by atoms with Crippen LogP contribution in [-0.4, -0.2) is 25.6 Å². The first-order valence-corrected chi connectivity index (χ1v) is 9.79. The van der Waals surface area contributed by atoms with E-state index in [1.165, 1.54) is 0 Å². The lowest BCUT2D eigenvalue weighted by Gasteiger charge is -2.17. The van der Waals surface area contributed by atoms with Crippen LogP contribution in [-0.2, 0) is 6.54 Å². The summed E-state index contributed by atoms with van der Waals surface area (Å²) in [5.74, 6) is 0. The molecule has 9 heteroatoms. The smallest absolute Gasteiger partial charge is 0.310 e. The Labute approximate surface area is 164 Å². The molecule has 3 N–H and O–H groups in total. The van der Waals surface area contributed by atoms with Gasteiger partial charge in [-0.3, -0.25) is 24.2 Å². The largest absolute Gasteiger partial charge is 0.499 e. The minimum atomic E-state index is -0.639. The monoisotopic (exact) mass is 397 g/mol. The van der Waals surface area contributed by atoms with E-state index in [1.54, 1.807) is 6.20 Å². The third-order valence-corrected chi connectivity index (χ3v) is 5.21. The number of aryl methyl sites for hydroxylation is 1. The van der Waals surface area contributed by atoms with Crippen molar-refractivity contribution in [3.8, 4) is 5.06 Å². The molecule has 0 aliphatic carbocycles. The molecule has 1 aliphatic heterocycles. The number of benzene rings is 1. The van der Waals surface area contributed by atoms with E-state index in [1.807, 2.05) is 35.1 Å². The SMILES string of the molecule is CCCn1cc(C2CC(c3c(O)sc(=O)[nH]c3=O)=Nc3ccccc3N2)cn1. The molecule has 3 aromatic rings. The molecule has 0 radical (unpaired) electrons. The molecule has 0 spiro atoms. The van der Waals surface area contributed by atoms with Crippen LogP contribution in [0.2, 0.25) is 0 Å². The fourth-order valence-corrected chi connectivity index (χ4v) is 3.89. The Hall–Kier alpha value is -3.20. The molecule has 28 heavy (non-hydrogen) atoms. The number of aromatic hydroxyl groups is 1. The fraction of sp³-hybridized carbons (Fsp3) is 0.263. The summed E-state index contributed by atoms with van der Waals surface area (Å²) < 4.78 is 1.88. The van der Waals surface area contributed by atoms with Crippen LogP contribution in [0.25, 0.3) is 0 Å². The summed E-state index contributed by atoms with van der Waals surface area (Å²) in [6.07, 6.45) is 5.10. The molecule has 3 heterocycles. The fourth-order valence-electron chi connectivity index (χ4n) is 3.26. The molecular formula is C19H19N5O3S. The van der Waals surface area contributed by atoms with Crippen molar-refractivity contribution < 1.29 is 5.11 Å². The van der Waals surface area contributed by atoms with E-state index in [-0.39, 0.29) is 16.7 Å². The van der Waals surface area contributed by atoms with Gasteiger partial charge in [-0.15, -0.1) is 0 Å². The van der Waals surface area contributed by atoms with Crippen molar-refractivity contribution in [2.45, 2.75) is 32.4 Å². The number of aromatic amines is 1. The topological polar surface area (TPSA) is 112 Å². The van der Waals surface area contributed by atoms with E-state index < -0.39 is 10.4 Å². The molecule has 8 nitrogen and oxygen atoms in total. The van der Waals surface area contributed by atoms with E-state index in [4.69, 9.17) is 0 Å². The lowest BCUT2D eigenvalue weighted by atomic mass is 10.0. The van der Waals surface area contributed by atoms with E-state index in [2.05, 4.69) is 27.3 Å². The summed E-state index contributed by atoms with van der Waals surface area (Å²) in [5, 5.41) is 17.8. The van der Waals surface area contributed by atoms with Gasteiger partial charge in [0.1, 0.15) is 5.56 Å². The van der Waals surface area contributed by atoms with Crippen molar-refractivity contribution >= 4 is 28.4 Å². The van der Waals surface area contributed by atoms with Gasteiger partial charge in [0.25, 0.3) is 5.56 Å². The third-order valence-electron chi connectivity index (χ3n) is 4.53. The number of anilines is 1. The maximum Gasteiger partial charge on any atom is 0.310 e. The van der Waals surface area contributed by atoms with Gasteiger partial charge >= 0.3 is 4.87 Å². The Morgan fingerprint density at radius 2 is 2.14 bits per heavy atom. The summed E-state index contributed by atoms with van der Waals surface area (Å²) in [4.78, 5) is 30.1. The Morgan fingerprint density at radius 3 is 2.93 bits per heavy atom. The quantitative estimate of drug-likeness (QED) is 0.627. The standard InChI is InChI=1S/C19H19N5O3S/c1-2-7-24-10-11(9-20-24)14-8-15(16-17(25)23-19(27)28-18(16)26)22-13-6-4-3-5-12(13)21-14/h3-6,9-10,14,21,26H,2,7-8H2,1H3,(H,23,25,27). The predicted octanol–water partition coefficient (Wildman–Crippen LogP) is 2.79. The third kappa shape index (κ3) is 3.48. The van der Waals surface area contributed by atoms with Crippen LogP contribution in [0.15, 0.2) is 51.2 Å². The number of nitrogens with zero attached hydrogens (tertiary/aromatic N) is 3. The normalized spacial score (nSPS) is 16.0. The molecule has 0 amide bonds. The molecular weight excluding hydrogens is 378 g/mol. The van der Waals surface area contributed by atoms with Gasteiger partial charge in [0, 0.05) is 24.7 Å². The van der Waals surface area contributed by atoms with Gasteiger partial charge in [0.2, 0.25) is 0 Å². The van der Waals surface area contributed by atoms with Crippen molar-refractivity contribution in [2.24, 2.45) is 4.99 Å². The number of hydrogen-bond acceptors (Lipinski definition) is 7. The van der Waals surface area contributed by atoms with E-state index >= 15 is 0 Å². The molecule has 0 bridgehead atoms. The minimum Gasteiger partial charge on any atom is -0.499 e. The number of fused-ring (bicyclic) bond motifs is 1. The van der Waals surface area contributed by atoms with E-state index in [0.29, 0.717) is 29.2 Å². The van der Waals surface area contributed by atoms with Crippen LogP contribution in [0.4, 0.5) is 11.4 Å². The number of rotatable bonds is 4. The lowest BCUT2D eigenvalue weighted by molar-refractivity contribution is 0.487. The summed E-state index contributed by atoms with van der Waals surface area (Å²) >= 11 is 0.589. The van der Waals surface area contributed by atoms with Gasteiger partial charge in [-0.25, -0.2) is 0 Å². The second kappa shape index (κ2) is 7.43. The molecule has 144 valence electrons. The zero-order valence-corrected chi connectivity index (χ0v) is 16.0. The summed E-state index contributed by atoms with van der Waals surface area (Å²) in [6.45, 7) is 2.90. The molecule has 2 aromatic heterocycles. The molecule has 1 atom stereocenters. The lowest BCUT2D eigenvalue weighted by Crippen LogP contribution is -2.25. The Balaban J connectivity index is 1.82. The predicted molar refractivity (Wildman–Crippen MR) is 109 cm³/mol. The Bertz CT molecular complexity index is 1160. The Morgan fingerprint density at radius 1 is 1.32 bits per heavy atom. The van der Waals surface area contributed by atoms with Crippen molar-refractivity contribution in [1.29, 1.82) is 0 Å². The van der Waals surface area contributed by atoms with Gasteiger partial charge in [-0.1, -0.05) is 19.1 Å². The molecule has 4 rings (SSSR count). The number of nitrogens with one attached hydrogen (secondary N) is 2. The zero-order chi connectivity index (χ0) is 19.7. The maximum absolute atomic E-state index is 12.4. The maximum atomic E-state index is 12.4. The number of para-hydroxylation sites is 2. The van der Waals surface area contributed by atoms with Crippen molar-refractivity contribution in [3.63, 3.8) is 0 Å². The van der Waals surface area contributed by atoms with Crippen molar-refractivity contribution in [1.82, 2.24) is 14.8 Å². The van der Waals surface area contributed by atoms with Gasteiger partial charge in [-0.05, 0) is 29.9 Å². The van der Waals surface area contributed by atoms with Gasteiger partial charge in [0.05, 0.1) is 29.3 Å². The van der Waals surface area contributed by atoms with Gasteiger partial charge in [0.15, 0.2) is 5.06 Å². The van der Waals surface area contributed by atoms with Crippen LogP contribution in [0.3, 0.4) is 0 Å². The highest BCUT2D eigenvalue weighted by Crippen LogP contribution is 2.36. The van der Waals surface area contributed by atoms with Crippen LogP contribution >= 0.6 is 11.3 Å². The minimum absolute atomic E-state index is 0.0362. The summed E-state index contributed by atoms with van der Waals surface area (Å²) in [5.41, 5.74) is 2.26. The van der Waals surface area contributed by atoms with Gasteiger partial charge < -0.3 is 10.4 Å². The first-order valence-electron chi connectivity index (χ1n) is 8.97. The summed E-state index contributed by atoms with van der Waals surface area (Å²) in [7, 11) is 0.